The lowest BCUT2D eigenvalue weighted by atomic mass is 9.87. The molecule has 2 aromatic rings. The number of piperidine rings is 1. The number of nitrogens with zero attached hydrogens (tertiary/aromatic N) is 5. The molecular formula is C25H29ClN6O5. The Morgan fingerprint density at radius 3 is 2.46 bits per heavy atom. The Balaban J connectivity index is 1.07. The molecule has 1 aromatic heterocycles. The maximum Gasteiger partial charge on any atom is 0.430 e. The van der Waals surface area contributed by atoms with Crippen molar-refractivity contribution in [2.45, 2.75) is 24.9 Å². The number of aromatic nitrogens is 1. The third kappa shape index (κ3) is 5.72. The number of rotatable bonds is 5. The zero-order chi connectivity index (χ0) is 25.8. The lowest BCUT2D eigenvalue weighted by Crippen LogP contribution is -2.51. The summed E-state index contributed by atoms with van der Waals surface area (Å²) < 4.78 is 5.12. The predicted molar refractivity (Wildman–Crippen MR) is 138 cm³/mol. The highest BCUT2D eigenvalue weighted by molar-refractivity contribution is 6.39. The second-order valence-corrected chi connectivity index (χ2v) is 9.65. The number of amides is 2. The molecule has 11 nitrogen and oxygen atoms in total. The van der Waals surface area contributed by atoms with E-state index in [0.717, 1.165) is 5.82 Å². The Labute approximate surface area is 219 Å². The Morgan fingerprint density at radius 1 is 1.05 bits per heavy atom. The number of hydrogen-bond acceptors (Lipinski definition) is 9. The van der Waals surface area contributed by atoms with Gasteiger partial charge < -0.3 is 24.2 Å². The van der Waals surface area contributed by atoms with Gasteiger partial charge in [-0.15, -0.1) is 5.06 Å². The van der Waals surface area contributed by atoms with E-state index in [1.54, 1.807) is 53.6 Å². The minimum atomic E-state index is -0.563. The minimum absolute atomic E-state index is 0.0961. The van der Waals surface area contributed by atoms with Crippen LogP contribution in [0.15, 0.2) is 47.8 Å². The van der Waals surface area contributed by atoms with E-state index >= 15 is 0 Å². The van der Waals surface area contributed by atoms with Crippen molar-refractivity contribution in [3.8, 4) is 5.75 Å². The van der Waals surface area contributed by atoms with Gasteiger partial charge in [-0.2, -0.15) is 0 Å². The van der Waals surface area contributed by atoms with Crippen LogP contribution in [0.3, 0.4) is 0 Å². The number of halogens is 1. The van der Waals surface area contributed by atoms with Crippen molar-refractivity contribution in [3.05, 3.63) is 47.6 Å². The summed E-state index contributed by atoms with van der Waals surface area (Å²) in [5.41, 5.74) is 0.510. The molecule has 196 valence electrons. The normalized spacial score (nSPS) is 19.2. The van der Waals surface area contributed by atoms with Crippen molar-refractivity contribution in [2.24, 2.45) is 5.16 Å². The molecular weight excluding hydrogens is 500 g/mol. The number of anilines is 2. The molecule has 0 bridgehead atoms. The van der Waals surface area contributed by atoms with Crippen LogP contribution < -0.4 is 15.0 Å². The molecule has 1 N–H and O–H groups in total. The van der Waals surface area contributed by atoms with Crippen LogP contribution in [0.4, 0.5) is 16.3 Å². The van der Waals surface area contributed by atoms with Gasteiger partial charge in [0.05, 0.1) is 12.1 Å². The number of piperazine rings is 1. The number of pyridine rings is 1. The molecule has 1 aromatic carbocycles. The first kappa shape index (κ1) is 25.1. The molecule has 3 aliphatic rings. The Kier molecular flexibility index (Phi) is 7.33. The number of hydrogen-bond donors (Lipinski definition) is 1. The van der Waals surface area contributed by atoms with Crippen molar-refractivity contribution < 1.29 is 24.0 Å². The fraction of sp³-hybridized carbons (Fsp3) is 0.440. The molecule has 3 aliphatic heterocycles. The van der Waals surface area contributed by atoms with E-state index < -0.39 is 11.7 Å². The molecule has 0 aliphatic carbocycles. The molecule has 1 spiro atoms. The van der Waals surface area contributed by atoms with Gasteiger partial charge in [0.2, 0.25) is 0 Å². The van der Waals surface area contributed by atoms with Gasteiger partial charge in [-0.1, -0.05) is 16.8 Å². The molecule has 2 saturated heterocycles. The Morgan fingerprint density at radius 2 is 1.78 bits per heavy atom. The van der Waals surface area contributed by atoms with Gasteiger partial charge in [-0.3, -0.25) is 10.1 Å². The lowest BCUT2D eigenvalue weighted by Gasteiger charge is -2.36. The van der Waals surface area contributed by atoms with E-state index in [1.165, 1.54) is 0 Å². The van der Waals surface area contributed by atoms with Crippen LogP contribution in [-0.4, -0.2) is 84.6 Å². The van der Waals surface area contributed by atoms with E-state index in [9.17, 15) is 9.59 Å². The largest absolute Gasteiger partial charge is 0.497 e. The first-order valence-electron chi connectivity index (χ1n) is 12.2. The number of hydroxylamine groups is 2. The smallest absolute Gasteiger partial charge is 0.430 e. The van der Waals surface area contributed by atoms with Crippen molar-refractivity contribution in [2.75, 3.05) is 56.6 Å². The number of nitrogens with one attached hydrogen (secondary N) is 1. The van der Waals surface area contributed by atoms with Gasteiger partial charge >= 0.3 is 6.09 Å². The first-order chi connectivity index (χ1) is 17.9. The highest BCUT2D eigenvalue weighted by Crippen LogP contribution is 2.35. The van der Waals surface area contributed by atoms with Crippen LogP contribution in [-0.2, 0) is 14.5 Å². The number of oxime groups is 1. The first-order valence-corrected chi connectivity index (χ1v) is 12.6. The maximum atomic E-state index is 13.1. The van der Waals surface area contributed by atoms with Gasteiger partial charge in [-0.05, 0) is 36.4 Å². The molecule has 2 amide bonds. The quantitative estimate of drug-likeness (QED) is 0.630. The summed E-state index contributed by atoms with van der Waals surface area (Å²) in [5.74, 6) is 1.35. The zero-order valence-electron chi connectivity index (χ0n) is 20.6. The van der Waals surface area contributed by atoms with Crippen LogP contribution in [0.25, 0.3) is 0 Å². The van der Waals surface area contributed by atoms with Crippen molar-refractivity contribution in [1.82, 2.24) is 14.9 Å². The summed E-state index contributed by atoms with van der Waals surface area (Å²) >= 11 is 6.27. The summed E-state index contributed by atoms with van der Waals surface area (Å²) in [7, 11) is 1.58. The predicted octanol–water partition coefficient (Wildman–Crippen LogP) is 3.17. The summed E-state index contributed by atoms with van der Waals surface area (Å²) in [4.78, 5) is 44.9. The molecule has 37 heavy (non-hydrogen) atoms. The van der Waals surface area contributed by atoms with E-state index in [2.05, 4.69) is 20.4 Å². The van der Waals surface area contributed by atoms with E-state index in [4.69, 9.17) is 26.0 Å². The third-order valence-electron chi connectivity index (χ3n) is 6.87. The minimum Gasteiger partial charge on any atom is -0.497 e. The van der Waals surface area contributed by atoms with Crippen LogP contribution in [0, 0.1) is 0 Å². The third-order valence-corrected chi connectivity index (χ3v) is 7.17. The van der Waals surface area contributed by atoms with Crippen molar-refractivity contribution >= 4 is 40.8 Å². The van der Waals surface area contributed by atoms with Crippen LogP contribution in [0.2, 0.25) is 5.02 Å². The number of methoxy groups -OCH3 is 1. The Hall–Kier alpha value is -3.57. The maximum absolute atomic E-state index is 13.1. The molecule has 0 unspecified atom stereocenters. The second-order valence-electron chi connectivity index (χ2n) is 9.24. The van der Waals surface area contributed by atoms with E-state index in [-0.39, 0.29) is 5.91 Å². The molecule has 2 fully saturated rings. The second kappa shape index (κ2) is 10.8. The van der Waals surface area contributed by atoms with Gasteiger partial charge in [0.25, 0.3) is 5.91 Å². The zero-order valence-corrected chi connectivity index (χ0v) is 21.3. The van der Waals surface area contributed by atoms with Crippen molar-refractivity contribution in [3.63, 3.8) is 0 Å². The van der Waals surface area contributed by atoms with E-state index in [1.807, 2.05) is 6.07 Å². The highest BCUT2D eigenvalue weighted by atomic mass is 35.5. The van der Waals surface area contributed by atoms with Gasteiger partial charge in [0.15, 0.2) is 0 Å². The average Bonchev–Trinajstić information content (AvgIpc) is 3.34. The average molecular weight is 529 g/mol. The number of ether oxygens (including phenoxy) is 1. The van der Waals surface area contributed by atoms with Gasteiger partial charge in [-0.25, -0.2) is 9.78 Å². The van der Waals surface area contributed by atoms with Crippen LogP contribution in [0.1, 0.15) is 19.3 Å². The van der Waals surface area contributed by atoms with E-state index in [0.29, 0.717) is 80.7 Å². The van der Waals surface area contributed by atoms with Crippen LogP contribution in [0.5, 0.6) is 5.75 Å². The summed E-state index contributed by atoms with van der Waals surface area (Å²) in [6, 6.07) is 10.6. The summed E-state index contributed by atoms with van der Waals surface area (Å²) in [6.45, 7) is 3.37. The molecule has 4 heterocycles. The number of benzene rings is 1. The molecule has 0 radical (unpaired) electrons. The molecule has 0 saturated carbocycles. The highest BCUT2D eigenvalue weighted by Gasteiger charge is 2.45. The molecule has 0 atom stereocenters. The summed E-state index contributed by atoms with van der Waals surface area (Å²) in [6.07, 6.45) is 2.78. The number of carbonyl (C=O) groups excluding carboxylic acids is 2. The monoisotopic (exact) mass is 528 g/mol. The molecule has 12 heteroatoms. The lowest BCUT2D eigenvalue weighted by molar-refractivity contribution is -0.154. The Bertz CT molecular complexity index is 1160. The molecule has 5 rings (SSSR count). The van der Waals surface area contributed by atoms with Crippen LogP contribution >= 0.6 is 11.6 Å². The van der Waals surface area contributed by atoms with Crippen molar-refractivity contribution in [1.29, 1.82) is 0 Å². The summed E-state index contributed by atoms with van der Waals surface area (Å²) in [5, 5.41) is 9.07. The van der Waals surface area contributed by atoms with Gasteiger partial charge in [0.1, 0.15) is 22.9 Å². The fourth-order valence-corrected chi connectivity index (χ4v) is 4.98. The SMILES string of the molecule is COc1ccc(NC(=O)ON2CCC3(CC2)CC(C(=O)N2CCN(c4ncccc4Cl)CC2)=NO3)cc1. The van der Waals surface area contributed by atoms with Gasteiger partial charge in [0, 0.05) is 70.4 Å². The standard InChI is InChI=1S/C25H29ClN6O5/c1-35-19-6-4-18(5-7-19)28-24(34)36-32-11-8-25(9-12-32)17-21(29-37-25)23(33)31-15-13-30(14-16-31)22-20(26)3-2-10-27-22/h2-7,10H,8-9,11-17H2,1H3,(H,28,34). The topological polar surface area (TPSA) is 109 Å². The number of carbonyl (C=O) groups is 2. The fourth-order valence-electron chi connectivity index (χ4n) is 4.74.